The molecular formula is C19H30N4O3. The summed E-state index contributed by atoms with van der Waals surface area (Å²) in [6.07, 6.45) is 2.31. The third kappa shape index (κ3) is 5.25. The molecular weight excluding hydrogens is 332 g/mol. The molecule has 2 amide bonds. The van der Waals surface area contributed by atoms with Gasteiger partial charge in [0.25, 0.3) is 0 Å². The zero-order chi connectivity index (χ0) is 18.2. The summed E-state index contributed by atoms with van der Waals surface area (Å²) >= 11 is 0. The molecule has 2 fully saturated rings. The van der Waals surface area contributed by atoms with Gasteiger partial charge in [0.2, 0.25) is 0 Å². The first kappa shape index (κ1) is 18.8. The third-order valence-corrected chi connectivity index (χ3v) is 5.03. The lowest BCUT2D eigenvalue weighted by molar-refractivity contribution is 0.111. The van der Waals surface area contributed by atoms with E-state index in [1.54, 1.807) is 7.11 Å². The van der Waals surface area contributed by atoms with Gasteiger partial charge in [-0.25, -0.2) is 4.79 Å². The Balaban J connectivity index is 1.32. The third-order valence-electron chi connectivity index (χ3n) is 5.03. The van der Waals surface area contributed by atoms with Gasteiger partial charge in [-0.2, -0.15) is 0 Å². The van der Waals surface area contributed by atoms with E-state index < -0.39 is 0 Å². The Kier molecular flexibility index (Phi) is 6.96. The van der Waals surface area contributed by atoms with E-state index in [0.29, 0.717) is 13.1 Å². The number of anilines is 1. The summed E-state index contributed by atoms with van der Waals surface area (Å²) in [4.78, 5) is 16.6. The number of carbonyl (C=O) groups excluding carboxylic acids is 1. The second-order valence-corrected chi connectivity index (χ2v) is 6.77. The molecule has 7 heteroatoms. The van der Waals surface area contributed by atoms with Gasteiger partial charge in [-0.3, -0.25) is 4.90 Å². The van der Waals surface area contributed by atoms with E-state index in [-0.39, 0.29) is 12.1 Å². The molecule has 7 nitrogen and oxygen atoms in total. The fraction of sp³-hybridized carbons (Fsp3) is 0.632. The molecule has 144 valence electrons. The van der Waals surface area contributed by atoms with E-state index in [2.05, 4.69) is 26.5 Å². The van der Waals surface area contributed by atoms with Crippen LogP contribution in [0.25, 0.3) is 0 Å². The van der Waals surface area contributed by atoms with Crippen molar-refractivity contribution in [2.45, 2.75) is 18.9 Å². The standard InChI is InChI=1S/C19H30N4O3/c1-25-18-7-3-2-6-17(18)23-12-10-22(11-13-23)9-8-20-19(24)21-15-16-5-4-14-26-16/h2-3,6-7,16H,4-5,8-15H2,1H3,(H2,20,21,24)/t16-/m0/s1. The average Bonchev–Trinajstić information content (AvgIpc) is 3.20. The van der Waals surface area contributed by atoms with Crippen molar-refractivity contribution in [3.63, 3.8) is 0 Å². The molecule has 1 aromatic carbocycles. The van der Waals surface area contributed by atoms with Crippen LogP contribution in [-0.2, 0) is 4.74 Å². The van der Waals surface area contributed by atoms with Crippen molar-refractivity contribution < 1.29 is 14.3 Å². The van der Waals surface area contributed by atoms with Crippen LogP contribution in [0.2, 0.25) is 0 Å². The Hall–Kier alpha value is -1.99. The number of hydrogen-bond acceptors (Lipinski definition) is 5. The molecule has 2 heterocycles. The van der Waals surface area contributed by atoms with Crippen molar-refractivity contribution in [1.29, 1.82) is 0 Å². The molecule has 1 aromatic rings. The Morgan fingerprint density at radius 2 is 2.04 bits per heavy atom. The molecule has 2 aliphatic heterocycles. The van der Waals surface area contributed by atoms with E-state index in [9.17, 15) is 4.79 Å². The van der Waals surface area contributed by atoms with E-state index in [1.807, 2.05) is 18.2 Å². The molecule has 0 spiro atoms. The highest BCUT2D eigenvalue weighted by atomic mass is 16.5. The van der Waals surface area contributed by atoms with Crippen LogP contribution in [0.3, 0.4) is 0 Å². The minimum Gasteiger partial charge on any atom is -0.495 e. The lowest BCUT2D eigenvalue weighted by atomic mass is 10.2. The number of benzene rings is 1. The number of piperazine rings is 1. The number of ether oxygens (including phenoxy) is 2. The quantitative estimate of drug-likeness (QED) is 0.765. The molecule has 0 radical (unpaired) electrons. The largest absolute Gasteiger partial charge is 0.495 e. The summed E-state index contributed by atoms with van der Waals surface area (Å²) in [6.45, 7) is 6.84. The highest BCUT2D eigenvalue weighted by Crippen LogP contribution is 2.28. The maximum absolute atomic E-state index is 11.8. The number of rotatable bonds is 7. The highest BCUT2D eigenvalue weighted by Gasteiger charge is 2.19. The monoisotopic (exact) mass is 362 g/mol. The molecule has 3 rings (SSSR count). The van der Waals surface area contributed by atoms with E-state index in [4.69, 9.17) is 9.47 Å². The van der Waals surface area contributed by atoms with Crippen molar-refractivity contribution >= 4 is 11.7 Å². The number of para-hydroxylation sites is 2. The first-order chi connectivity index (χ1) is 12.8. The Morgan fingerprint density at radius 1 is 1.23 bits per heavy atom. The molecule has 0 aromatic heterocycles. The average molecular weight is 362 g/mol. The summed E-state index contributed by atoms with van der Waals surface area (Å²) in [6, 6.07) is 8.04. The molecule has 2 aliphatic rings. The lowest BCUT2D eigenvalue weighted by Crippen LogP contribution is -2.49. The maximum atomic E-state index is 11.8. The Bertz CT molecular complexity index is 570. The summed E-state index contributed by atoms with van der Waals surface area (Å²) in [5.41, 5.74) is 1.15. The van der Waals surface area contributed by atoms with Crippen LogP contribution in [0.15, 0.2) is 24.3 Å². The van der Waals surface area contributed by atoms with Gasteiger partial charge >= 0.3 is 6.03 Å². The summed E-state index contributed by atoms with van der Waals surface area (Å²) in [7, 11) is 1.71. The molecule has 2 N–H and O–H groups in total. The van der Waals surface area contributed by atoms with Gasteiger partial charge in [-0.15, -0.1) is 0 Å². The molecule has 1 atom stereocenters. The predicted molar refractivity (Wildman–Crippen MR) is 102 cm³/mol. The SMILES string of the molecule is COc1ccccc1N1CCN(CCNC(=O)NC[C@@H]2CCCO2)CC1. The molecule has 0 unspecified atom stereocenters. The molecule has 0 aliphatic carbocycles. The van der Waals surface area contributed by atoms with Gasteiger partial charge in [0.15, 0.2) is 0 Å². The second-order valence-electron chi connectivity index (χ2n) is 6.77. The topological polar surface area (TPSA) is 66.1 Å². The lowest BCUT2D eigenvalue weighted by Gasteiger charge is -2.36. The normalized spacial score (nSPS) is 20.8. The summed E-state index contributed by atoms with van der Waals surface area (Å²) in [5, 5.41) is 5.82. The number of nitrogens with one attached hydrogen (secondary N) is 2. The summed E-state index contributed by atoms with van der Waals surface area (Å²) < 4.78 is 11.0. The van der Waals surface area contributed by atoms with Crippen molar-refractivity contribution in [1.82, 2.24) is 15.5 Å². The van der Waals surface area contributed by atoms with Crippen LogP contribution in [0.1, 0.15) is 12.8 Å². The smallest absolute Gasteiger partial charge is 0.314 e. The van der Waals surface area contributed by atoms with Gasteiger partial charge in [0, 0.05) is 52.4 Å². The minimum atomic E-state index is -0.104. The van der Waals surface area contributed by atoms with Gasteiger partial charge in [-0.05, 0) is 25.0 Å². The van der Waals surface area contributed by atoms with Crippen molar-refractivity contribution in [3.8, 4) is 5.75 Å². The minimum absolute atomic E-state index is 0.104. The fourth-order valence-corrected chi connectivity index (χ4v) is 3.51. The molecule has 0 saturated carbocycles. The van der Waals surface area contributed by atoms with Crippen LogP contribution in [0.4, 0.5) is 10.5 Å². The van der Waals surface area contributed by atoms with Gasteiger partial charge in [-0.1, -0.05) is 12.1 Å². The van der Waals surface area contributed by atoms with E-state index in [0.717, 1.165) is 63.6 Å². The van der Waals surface area contributed by atoms with E-state index >= 15 is 0 Å². The molecule has 26 heavy (non-hydrogen) atoms. The fourth-order valence-electron chi connectivity index (χ4n) is 3.51. The second kappa shape index (κ2) is 9.64. The van der Waals surface area contributed by atoms with Crippen LogP contribution < -0.4 is 20.3 Å². The van der Waals surface area contributed by atoms with Gasteiger partial charge in [0.05, 0.1) is 18.9 Å². The van der Waals surface area contributed by atoms with Crippen LogP contribution >= 0.6 is 0 Å². The number of amides is 2. The molecule has 2 saturated heterocycles. The first-order valence-electron chi connectivity index (χ1n) is 9.50. The van der Waals surface area contributed by atoms with Gasteiger partial charge < -0.3 is 25.0 Å². The van der Waals surface area contributed by atoms with Crippen molar-refractivity contribution in [2.75, 3.05) is 64.4 Å². The highest BCUT2D eigenvalue weighted by molar-refractivity contribution is 5.73. The zero-order valence-corrected chi connectivity index (χ0v) is 15.6. The van der Waals surface area contributed by atoms with Crippen LogP contribution in [0, 0.1) is 0 Å². The van der Waals surface area contributed by atoms with E-state index in [1.165, 1.54) is 0 Å². The Morgan fingerprint density at radius 3 is 2.77 bits per heavy atom. The zero-order valence-electron chi connectivity index (χ0n) is 15.6. The van der Waals surface area contributed by atoms with Crippen molar-refractivity contribution in [2.24, 2.45) is 0 Å². The van der Waals surface area contributed by atoms with Gasteiger partial charge in [0.1, 0.15) is 5.75 Å². The summed E-state index contributed by atoms with van der Waals surface area (Å²) in [5.74, 6) is 0.922. The Labute approximate surface area is 155 Å². The van der Waals surface area contributed by atoms with Crippen LogP contribution in [-0.4, -0.2) is 76.6 Å². The molecule has 0 bridgehead atoms. The van der Waals surface area contributed by atoms with Crippen LogP contribution in [0.5, 0.6) is 5.75 Å². The number of carbonyl (C=O) groups is 1. The predicted octanol–water partition coefficient (Wildman–Crippen LogP) is 1.30. The first-order valence-corrected chi connectivity index (χ1v) is 9.50. The number of nitrogens with zero attached hydrogens (tertiary/aromatic N) is 2. The number of urea groups is 1. The number of hydrogen-bond donors (Lipinski definition) is 2. The van der Waals surface area contributed by atoms with Crippen molar-refractivity contribution in [3.05, 3.63) is 24.3 Å². The maximum Gasteiger partial charge on any atom is 0.314 e. The number of methoxy groups -OCH3 is 1.